The van der Waals surface area contributed by atoms with Gasteiger partial charge in [0, 0.05) is 12.1 Å². The van der Waals surface area contributed by atoms with Gasteiger partial charge in [-0.2, -0.15) is 0 Å². The zero-order valence-corrected chi connectivity index (χ0v) is 12.7. The van der Waals surface area contributed by atoms with Crippen molar-refractivity contribution < 1.29 is 15.0 Å². The molecule has 0 aliphatic carbocycles. The number of hydrogen-bond acceptors (Lipinski definition) is 3. The quantitative estimate of drug-likeness (QED) is 0.868. The van der Waals surface area contributed by atoms with E-state index in [1.165, 1.54) is 0 Å². The average Bonchev–Trinajstić information content (AvgIpc) is 2.66. The number of carbonyl (C=O) groups is 1. The summed E-state index contributed by atoms with van der Waals surface area (Å²) in [6.45, 7) is 0. The van der Waals surface area contributed by atoms with Crippen molar-refractivity contribution in [1.82, 2.24) is 4.90 Å². The number of fused-ring (bicyclic) bond motifs is 2. The Bertz CT molecular complexity index is 520. The molecule has 2 fully saturated rings. The van der Waals surface area contributed by atoms with E-state index in [1.807, 2.05) is 11.0 Å². The van der Waals surface area contributed by atoms with Crippen LogP contribution < -0.4 is 0 Å². The Morgan fingerprint density at radius 3 is 2.55 bits per heavy atom. The molecule has 0 spiro atoms. The molecule has 1 amide bonds. The van der Waals surface area contributed by atoms with Crippen LogP contribution >= 0.6 is 15.9 Å². The van der Waals surface area contributed by atoms with Crippen LogP contribution in [-0.2, 0) is 11.2 Å². The van der Waals surface area contributed by atoms with Gasteiger partial charge in [-0.25, -0.2) is 0 Å². The van der Waals surface area contributed by atoms with Gasteiger partial charge in [0.1, 0.15) is 5.75 Å². The summed E-state index contributed by atoms with van der Waals surface area (Å²) in [6.07, 6.45) is 3.46. The van der Waals surface area contributed by atoms with E-state index < -0.39 is 0 Å². The number of phenols is 1. The van der Waals surface area contributed by atoms with Gasteiger partial charge in [-0.05, 0) is 59.3 Å². The van der Waals surface area contributed by atoms with Gasteiger partial charge in [-0.3, -0.25) is 4.79 Å². The van der Waals surface area contributed by atoms with Gasteiger partial charge < -0.3 is 15.1 Å². The fraction of sp³-hybridized carbons (Fsp3) is 0.533. The first kappa shape index (κ1) is 13.9. The minimum atomic E-state index is -0.256. The summed E-state index contributed by atoms with van der Waals surface area (Å²) in [5, 5.41) is 19.4. The second-order valence-electron chi connectivity index (χ2n) is 5.77. The number of nitrogens with zero attached hydrogens (tertiary/aromatic N) is 1. The van der Waals surface area contributed by atoms with Gasteiger partial charge in [0.2, 0.25) is 5.91 Å². The lowest BCUT2D eigenvalue weighted by atomic mass is 9.99. The molecule has 1 aromatic rings. The predicted octanol–water partition coefficient (Wildman–Crippen LogP) is 2.21. The van der Waals surface area contributed by atoms with E-state index in [-0.39, 0.29) is 29.8 Å². The molecule has 2 bridgehead atoms. The van der Waals surface area contributed by atoms with E-state index in [9.17, 15) is 15.0 Å². The van der Waals surface area contributed by atoms with Crippen molar-refractivity contribution >= 4 is 21.8 Å². The van der Waals surface area contributed by atoms with Gasteiger partial charge in [-0.15, -0.1) is 0 Å². The molecule has 2 atom stereocenters. The summed E-state index contributed by atoms with van der Waals surface area (Å²) in [5.74, 6) is 0.262. The third kappa shape index (κ3) is 2.56. The molecule has 2 unspecified atom stereocenters. The van der Waals surface area contributed by atoms with Crippen LogP contribution in [0.1, 0.15) is 31.2 Å². The number of aliphatic hydroxyl groups is 1. The van der Waals surface area contributed by atoms with Crippen LogP contribution in [0.5, 0.6) is 5.75 Å². The number of hydrogen-bond donors (Lipinski definition) is 2. The van der Waals surface area contributed by atoms with E-state index in [2.05, 4.69) is 15.9 Å². The zero-order valence-electron chi connectivity index (χ0n) is 11.1. The molecule has 0 saturated carbocycles. The number of aliphatic hydroxyl groups excluding tert-OH is 1. The summed E-state index contributed by atoms with van der Waals surface area (Å²) in [5.41, 5.74) is 0.821. The van der Waals surface area contributed by atoms with Crippen LogP contribution in [0.25, 0.3) is 0 Å². The van der Waals surface area contributed by atoms with Gasteiger partial charge in [-0.1, -0.05) is 6.07 Å². The molecule has 108 valence electrons. The molecule has 5 heteroatoms. The minimum absolute atomic E-state index is 0.103. The lowest BCUT2D eigenvalue weighted by Gasteiger charge is -2.37. The normalized spacial score (nSPS) is 28.7. The molecule has 1 aromatic carbocycles. The molecule has 2 heterocycles. The zero-order chi connectivity index (χ0) is 14.3. The molecular weight excluding hydrogens is 322 g/mol. The highest BCUT2D eigenvalue weighted by molar-refractivity contribution is 9.10. The van der Waals surface area contributed by atoms with E-state index in [0.29, 0.717) is 23.7 Å². The van der Waals surface area contributed by atoms with Gasteiger partial charge in [0.25, 0.3) is 0 Å². The summed E-state index contributed by atoms with van der Waals surface area (Å²) in [6, 6.07) is 5.62. The lowest BCUT2D eigenvalue weighted by molar-refractivity contribution is -0.136. The number of rotatable bonds is 2. The highest BCUT2D eigenvalue weighted by Gasteiger charge is 2.42. The number of carbonyl (C=O) groups excluding carboxylic acids is 1. The fourth-order valence-electron chi connectivity index (χ4n) is 3.49. The Labute approximate surface area is 126 Å². The maximum absolute atomic E-state index is 12.5. The Morgan fingerprint density at radius 2 is 1.95 bits per heavy atom. The summed E-state index contributed by atoms with van der Waals surface area (Å²) in [7, 11) is 0. The molecule has 3 rings (SSSR count). The largest absolute Gasteiger partial charge is 0.507 e. The van der Waals surface area contributed by atoms with E-state index in [4.69, 9.17) is 0 Å². The maximum Gasteiger partial charge on any atom is 0.227 e. The third-order valence-corrected chi connectivity index (χ3v) is 5.03. The molecule has 20 heavy (non-hydrogen) atoms. The van der Waals surface area contributed by atoms with Crippen LogP contribution in [0.2, 0.25) is 0 Å². The summed E-state index contributed by atoms with van der Waals surface area (Å²) in [4.78, 5) is 14.4. The highest BCUT2D eigenvalue weighted by Crippen LogP contribution is 2.36. The molecule has 0 aromatic heterocycles. The topological polar surface area (TPSA) is 60.8 Å². The second-order valence-corrected chi connectivity index (χ2v) is 6.63. The molecule has 4 nitrogen and oxygen atoms in total. The van der Waals surface area contributed by atoms with Crippen molar-refractivity contribution in [2.24, 2.45) is 0 Å². The van der Waals surface area contributed by atoms with Crippen LogP contribution in [0.15, 0.2) is 22.7 Å². The Balaban J connectivity index is 1.72. The highest BCUT2D eigenvalue weighted by atomic mass is 79.9. The molecule has 2 N–H and O–H groups in total. The van der Waals surface area contributed by atoms with Gasteiger partial charge in [0.15, 0.2) is 0 Å². The molecular formula is C15H18BrNO3. The van der Waals surface area contributed by atoms with Crippen LogP contribution in [0, 0.1) is 0 Å². The van der Waals surface area contributed by atoms with Crippen molar-refractivity contribution in [2.75, 3.05) is 0 Å². The summed E-state index contributed by atoms with van der Waals surface area (Å²) >= 11 is 3.23. The summed E-state index contributed by atoms with van der Waals surface area (Å²) < 4.78 is 0.634. The Morgan fingerprint density at radius 1 is 1.30 bits per heavy atom. The Kier molecular flexibility index (Phi) is 3.73. The first-order valence-electron chi connectivity index (χ1n) is 7.01. The van der Waals surface area contributed by atoms with Crippen molar-refractivity contribution in [3.63, 3.8) is 0 Å². The van der Waals surface area contributed by atoms with Crippen LogP contribution in [-0.4, -0.2) is 39.2 Å². The molecule has 2 aliphatic heterocycles. The monoisotopic (exact) mass is 339 g/mol. The van der Waals surface area contributed by atoms with Crippen LogP contribution in [0.4, 0.5) is 0 Å². The molecule has 2 saturated heterocycles. The number of halogens is 1. The van der Waals surface area contributed by atoms with Crippen molar-refractivity contribution in [2.45, 2.75) is 50.3 Å². The Hall–Kier alpha value is -1.07. The second kappa shape index (κ2) is 5.37. The van der Waals surface area contributed by atoms with E-state index in [0.717, 1.165) is 18.4 Å². The number of aromatic hydroxyl groups is 1. The molecule has 2 aliphatic rings. The number of benzene rings is 1. The first-order valence-corrected chi connectivity index (χ1v) is 7.80. The smallest absolute Gasteiger partial charge is 0.227 e. The number of piperidine rings is 1. The van der Waals surface area contributed by atoms with Crippen molar-refractivity contribution in [1.29, 1.82) is 0 Å². The van der Waals surface area contributed by atoms with E-state index >= 15 is 0 Å². The van der Waals surface area contributed by atoms with Crippen molar-refractivity contribution in [3.05, 3.63) is 28.2 Å². The number of amides is 1. The SMILES string of the molecule is O=C(Cc1ccc(Br)c(O)c1)N1C2CCC1CC(O)C2. The fourth-order valence-corrected chi connectivity index (χ4v) is 3.74. The minimum Gasteiger partial charge on any atom is -0.507 e. The number of phenolic OH excluding ortho intramolecular Hbond substituents is 1. The van der Waals surface area contributed by atoms with Gasteiger partial charge in [0.05, 0.1) is 17.0 Å². The predicted molar refractivity (Wildman–Crippen MR) is 78.4 cm³/mol. The third-order valence-electron chi connectivity index (χ3n) is 4.36. The standard InChI is InChI=1S/C15H18BrNO3/c16-13-4-1-9(5-14(13)19)6-15(20)17-10-2-3-11(17)8-12(18)7-10/h1,4-5,10-12,18-19H,2-3,6-8H2. The maximum atomic E-state index is 12.5. The van der Waals surface area contributed by atoms with Gasteiger partial charge >= 0.3 is 0 Å². The molecule has 0 radical (unpaired) electrons. The van der Waals surface area contributed by atoms with E-state index in [1.54, 1.807) is 12.1 Å². The lowest BCUT2D eigenvalue weighted by Crippen LogP contribution is -2.48. The average molecular weight is 340 g/mol. The first-order chi connectivity index (χ1) is 9.54. The van der Waals surface area contributed by atoms with Crippen LogP contribution in [0.3, 0.4) is 0 Å². The van der Waals surface area contributed by atoms with Crippen molar-refractivity contribution in [3.8, 4) is 5.75 Å².